The van der Waals surface area contributed by atoms with Crippen molar-refractivity contribution >= 4 is 5.97 Å². The van der Waals surface area contributed by atoms with Gasteiger partial charge in [0.05, 0.1) is 19.7 Å². The quantitative estimate of drug-likeness (QED) is 0.745. The fourth-order valence-electron chi connectivity index (χ4n) is 1.59. The monoisotopic (exact) mass is 283 g/mol. The topological polar surface area (TPSA) is 68.5 Å². The molecule has 0 aromatic carbocycles. The molecule has 1 heterocycles. The number of aromatic nitrogens is 2. The molecule has 1 rings (SSSR count). The Bertz CT molecular complexity index is 435. The van der Waals surface area contributed by atoms with E-state index in [-0.39, 0.29) is 24.0 Å². The number of ether oxygens (including phenoxy) is 1. The minimum atomic E-state index is -0.239. The molecule has 20 heavy (non-hydrogen) atoms. The molecule has 0 aliphatic carbocycles. The number of hydrogen-bond acceptors (Lipinski definition) is 6. The van der Waals surface area contributed by atoms with Gasteiger partial charge in [-0.2, -0.15) is 0 Å². The summed E-state index contributed by atoms with van der Waals surface area (Å²) in [4.78, 5) is 13.5. The van der Waals surface area contributed by atoms with E-state index >= 15 is 0 Å². The highest BCUT2D eigenvalue weighted by molar-refractivity contribution is 5.71. The summed E-state index contributed by atoms with van der Waals surface area (Å²) in [6.45, 7) is 12.9. The molecule has 0 aliphatic rings. The maximum Gasteiger partial charge on any atom is 0.320 e. The van der Waals surface area contributed by atoms with Crippen LogP contribution in [-0.2, 0) is 21.5 Å². The predicted molar refractivity (Wildman–Crippen MR) is 75.2 cm³/mol. The zero-order valence-corrected chi connectivity index (χ0v) is 13.3. The maximum absolute atomic E-state index is 11.6. The fourth-order valence-corrected chi connectivity index (χ4v) is 1.59. The second-order valence-electron chi connectivity index (χ2n) is 6.05. The molecule has 0 fully saturated rings. The van der Waals surface area contributed by atoms with Crippen molar-refractivity contribution in [2.45, 2.75) is 59.5 Å². The molecule has 0 saturated heterocycles. The largest absolute Gasteiger partial charge is 0.465 e. The first-order valence-electron chi connectivity index (χ1n) is 6.96. The summed E-state index contributed by atoms with van der Waals surface area (Å²) in [7, 11) is 0. The summed E-state index contributed by atoms with van der Waals surface area (Å²) in [6.07, 6.45) is 0. The first kappa shape index (κ1) is 16.6. The molecule has 0 radical (unpaired) electrons. The normalized spacial score (nSPS) is 12.2. The van der Waals surface area contributed by atoms with E-state index in [4.69, 9.17) is 9.15 Å². The molecular weight excluding hydrogens is 258 g/mol. The van der Waals surface area contributed by atoms with E-state index in [1.807, 2.05) is 39.5 Å². The van der Waals surface area contributed by atoms with Crippen molar-refractivity contribution in [3.05, 3.63) is 11.8 Å². The molecular formula is C14H25N3O3. The number of carbonyl (C=O) groups excluding carboxylic acids is 1. The Morgan fingerprint density at radius 3 is 2.45 bits per heavy atom. The van der Waals surface area contributed by atoms with E-state index in [0.717, 1.165) is 0 Å². The van der Waals surface area contributed by atoms with Gasteiger partial charge >= 0.3 is 5.97 Å². The Labute approximate surface area is 120 Å². The van der Waals surface area contributed by atoms with Gasteiger partial charge in [-0.25, -0.2) is 0 Å². The first-order chi connectivity index (χ1) is 9.24. The molecule has 0 bridgehead atoms. The SMILES string of the molecule is CCOC(=O)CN(Cc1nnc(C(C)(C)C)o1)C(C)C. The Morgan fingerprint density at radius 1 is 1.35 bits per heavy atom. The van der Waals surface area contributed by atoms with Crippen LogP contribution in [0, 0.1) is 0 Å². The van der Waals surface area contributed by atoms with Gasteiger partial charge in [-0.1, -0.05) is 20.8 Å². The summed E-state index contributed by atoms with van der Waals surface area (Å²) >= 11 is 0. The summed E-state index contributed by atoms with van der Waals surface area (Å²) in [6, 6.07) is 0.185. The third kappa shape index (κ3) is 4.92. The highest BCUT2D eigenvalue weighted by Crippen LogP contribution is 2.21. The standard InChI is InChI=1S/C14H25N3O3/c1-7-19-12(18)9-17(10(2)3)8-11-15-16-13(20-11)14(4,5)6/h10H,7-9H2,1-6H3. The molecule has 0 aliphatic heterocycles. The van der Waals surface area contributed by atoms with Crippen LogP contribution < -0.4 is 0 Å². The van der Waals surface area contributed by atoms with Crippen molar-refractivity contribution in [2.75, 3.05) is 13.2 Å². The van der Waals surface area contributed by atoms with Crippen LogP contribution in [0.25, 0.3) is 0 Å². The molecule has 0 atom stereocenters. The molecule has 1 aromatic heterocycles. The smallest absolute Gasteiger partial charge is 0.320 e. The second-order valence-corrected chi connectivity index (χ2v) is 6.05. The Hall–Kier alpha value is -1.43. The lowest BCUT2D eigenvalue weighted by atomic mass is 9.97. The van der Waals surface area contributed by atoms with Crippen LogP contribution in [0.3, 0.4) is 0 Å². The zero-order valence-electron chi connectivity index (χ0n) is 13.3. The lowest BCUT2D eigenvalue weighted by molar-refractivity contribution is -0.145. The van der Waals surface area contributed by atoms with Gasteiger partial charge in [0.2, 0.25) is 11.8 Å². The minimum absolute atomic E-state index is 0.172. The van der Waals surface area contributed by atoms with Crippen LogP contribution in [-0.4, -0.2) is 40.3 Å². The number of rotatable bonds is 6. The van der Waals surface area contributed by atoms with Gasteiger partial charge < -0.3 is 9.15 Å². The van der Waals surface area contributed by atoms with Crippen molar-refractivity contribution < 1.29 is 13.9 Å². The van der Waals surface area contributed by atoms with Crippen LogP contribution in [0.2, 0.25) is 0 Å². The Kier molecular flexibility index (Phi) is 5.68. The molecule has 0 unspecified atom stereocenters. The Balaban J connectivity index is 2.71. The van der Waals surface area contributed by atoms with Crippen LogP contribution >= 0.6 is 0 Å². The maximum atomic E-state index is 11.6. The molecule has 0 N–H and O–H groups in total. The summed E-state index contributed by atoms with van der Waals surface area (Å²) in [5.74, 6) is 0.886. The van der Waals surface area contributed by atoms with E-state index in [9.17, 15) is 4.79 Å². The van der Waals surface area contributed by atoms with Crippen molar-refractivity contribution in [3.8, 4) is 0 Å². The summed E-state index contributed by atoms with van der Waals surface area (Å²) < 4.78 is 10.6. The van der Waals surface area contributed by atoms with Gasteiger partial charge in [0.1, 0.15) is 0 Å². The molecule has 0 saturated carbocycles. The molecule has 1 aromatic rings. The van der Waals surface area contributed by atoms with Crippen molar-refractivity contribution in [1.82, 2.24) is 15.1 Å². The average molecular weight is 283 g/mol. The van der Waals surface area contributed by atoms with Gasteiger partial charge in [-0.05, 0) is 20.8 Å². The number of esters is 1. The summed E-state index contributed by atoms with van der Waals surface area (Å²) in [5, 5.41) is 8.10. The van der Waals surface area contributed by atoms with Crippen molar-refractivity contribution in [1.29, 1.82) is 0 Å². The molecule has 114 valence electrons. The van der Waals surface area contributed by atoms with Gasteiger partial charge in [0, 0.05) is 11.5 Å². The van der Waals surface area contributed by atoms with E-state index in [1.165, 1.54) is 0 Å². The van der Waals surface area contributed by atoms with E-state index in [2.05, 4.69) is 10.2 Å². The van der Waals surface area contributed by atoms with Crippen LogP contribution in [0.1, 0.15) is 53.3 Å². The van der Waals surface area contributed by atoms with E-state index < -0.39 is 0 Å². The van der Waals surface area contributed by atoms with E-state index in [0.29, 0.717) is 24.9 Å². The van der Waals surface area contributed by atoms with Gasteiger partial charge in [-0.15, -0.1) is 10.2 Å². The molecule has 0 spiro atoms. The third-order valence-electron chi connectivity index (χ3n) is 2.81. The first-order valence-corrected chi connectivity index (χ1v) is 6.96. The highest BCUT2D eigenvalue weighted by Gasteiger charge is 2.23. The highest BCUT2D eigenvalue weighted by atomic mass is 16.5. The second kappa shape index (κ2) is 6.83. The zero-order chi connectivity index (χ0) is 15.3. The lowest BCUT2D eigenvalue weighted by Crippen LogP contribution is -2.36. The third-order valence-corrected chi connectivity index (χ3v) is 2.81. The van der Waals surface area contributed by atoms with Crippen LogP contribution in [0.4, 0.5) is 0 Å². The van der Waals surface area contributed by atoms with Gasteiger partial charge in [-0.3, -0.25) is 9.69 Å². The minimum Gasteiger partial charge on any atom is -0.465 e. The molecule has 6 nitrogen and oxygen atoms in total. The van der Waals surface area contributed by atoms with E-state index in [1.54, 1.807) is 6.92 Å². The number of hydrogen-bond donors (Lipinski definition) is 0. The molecule has 6 heteroatoms. The number of carbonyl (C=O) groups is 1. The fraction of sp³-hybridized carbons (Fsp3) is 0.786. The van der Waals surface area contributed by atoms with Gasteiger partial charge in [0.15, 0.2) is 0 Å². The van der Waals surface area contributed by atoms with Crippen LogP contribution in [0.5, 0.6) is 0 Å². The van der Waals surface area contributed by atoms with Gasteiger partial charge in [0.25, 0.3) is 0 Å². The average Bonchev–Trinajstić information content (AvgIpc) is 2.76. The Morgan fingerprint density at radius 2 is 2.00 bits per heavy atom. The van der Waals surface area contributed by atoms with Crippen molar-refractivity contribution in [3.63, 3.8) is 0 Å². The molecule has 0 amide bonds. The number of nitrogens with zero attached hydrogens (tertiary/aromatic N) is 3. The van der Waals surface area contributed by atoms with Crippen molar-refractivity contribution in [2.24, 2.45) is 0 Å². The predicted octanol–water partition coefficient (Wildman–Crippen LogP) is 2.14. The van der Waals surface area contributed by atoms with Crippen LogP contribution in [0.15, 0.2) is 4.42 Å². The lowest BCUT2D eigenvalue weighted by Gasteiger charge is -2.23. The summed E-state index contributed by atoms with van der Waals surface area (Å²) in [5.41, 5.74) is -0.172.